The molecule has 2 aromatic carbocycles. The number of carbonyl (C=O) groups is 1. The highest BCUT2D eigenvalue weighted by atomic mass is 19.1. The van der Waals surface area contributed by atoms with E-state index in [4.69, 9.17) is 0 Å². The number of hydrogen-bond acceptors (Lipinski definition) is 4. The largest absolute Gasteiger partial charge is 0.345 e. The third kappa shape index (κ3) is 4.35. The third-order valence-corrected chi connectivity index (χ3v) is 8.14. The lowest BCUT2D eigenvalue weighted by Crippen LogP contribution is -2.60. The molecule has 3 aromatic heterocycles. The van der Waals surface area contributed by atoms with Gasteiger partial charge in [-0.15, -0.1) is 0 Å². The Hall–Kier alpha value is -4.04. The predicted molar refractivity (Wildman–Crippen MR) is 146 cm³/mol. The van der Waals surface area contributed by atoms with Crippen molar-refractivity contribution in [2.75, 3.05) is 13.1 Å². The third-order valence-electron chi connectivity index (χ3n) is 8.14. The van der Waals surface area contributed by atoms with Gasteiger partial charge in [0.15, 0.2) is 0 Å². The van der Waals surface area contributed by atoms with Crippen LogP contribution in [0.4, 0.5) is 4.39 Å². The van der Waals surface area contributed by atoms with Gasteiger partial charge in [-0.3, -0.25) is 14.8 Å². The van der Waals surface area contributed by atoms with Crippen molar-refractivity contribution in [1.82, 2.24) is 29.8 Å². The van der Waals surface area contributed by atoms with Gasteiger partial charge in [0.2, 0.25) is 0 Å². The second-order valence-corrected chi connectivity index (χ2v) is 10.8. The zero-order valence-corrected chi connectivity index (χ0v) is 21.8. The number of likely N-dealkylation sites (tertiary alicyclic amines) is 1. The molecular weight excluding hydrogens is 479 g/mol. The number of carbonyl (C=O) groups excluding carboxylic acids is 1. The molecule has 1 aliphatic heterocycles. The Labute approximate surface area is 220 Å². The monoisotopic (exact) mass is 510 g/mol. The highest BCUT2D eigenvalue weighted by Crippen LogP contribution is 2.31. The fraction of sp³-hybridized carbons (Fsp3) is 0.300. The van der Waals surface area contributed by atoms with Crippen LogP contribution in [-0.2, 0) is 6.54 Å². The summed E-state index contributed by atoms with van der Waals surface area (Å²) >= 11 is 0. The van der Waals surface area contributed by atoms with Gasteiger partial charge < -0.3 is 9.72 Å². The molecule has 2 atom stereocenters. The van der Waals surface area contributed by atoms with Gasteiger partial charge in [-0.05, 0) is 74.7 Å². The number of nitrogens with zero attached hydrogens (tertiary/aromatic N) is 4. The van der Waals surface area contributed by atoms with Crippen molar-refractivity contribution < 1.29 is 9.18 Å². The van der Waals surface area contributed by atoms with Crippen molar-refractivity contribution >= 4 is 22.5 Å². The van der Waals surface area contributed by atoms with Crippen molar-refractivity contribution in [1.29, 1.82) is 0 Å². The van der Waals surface area contributed by atoms with E-state index < -0.39 is 5.54 Å². The Kier molecular flexibility index (Phi) is 5.99. The van der Waals surface area contributed by atoms with E-state index in [2.05, 4.69) is 39.2 Å². The molecule has 1 saturated heterocycles. The molecule has 194 valence electrons. The molecular formula is C30H31FN6O. The van der Waals surface area contributed by atoms with Crippen LogP contribution in [0, 0.1) is 18.7 Å². The van der Waals surface area contributed by atoms with Crippen LogP contribution in [0.1, 0.15) is 41.8 Å². The van der Waals surface area contributed by atoms with Crippen molar-refractivity contribution in [2.24, 2.45) is 5.92 Å². The molecule has 1 amide bonds. The van der Waals surface area contributed by atoms with Crippen LogP contribution in [-0.4, -0.2) is 49.0 Å². The number of rotatable bonds is 5. The standard InChI is InChI=1S/C30H31FN6O/c1-19-5-4-6-25(31)24(19)17-36-13-11-20(2)30(3,18-36)33-29(38)21-7-9-26-23(15-21)28(35-34-26)22-8-10-27-32-12-14-37(27)16-22/h4-10,12,14-16,20H,11,13,17-18H2,1-3H3,(H,33,38)(H,34,35). The number of nitrogens with one attached hydrogen (secondary N) is 2. The second-order valence-electron chi connectivity index (χ2n) is 10.8. The number of aromatic amines is 1. The van der Waals surface area contributed by atoms with Gasteiger partial charge >= 0.3 is 0 Å². The minimum Gasteiger partial charge on any atom is -0.345 e. The Balaban J connectivity index is 1.24. The van der Waals surface area contributed by atoms with Gasteiger partial charge in [-0.25, -0.2) is 9.37 Å². The Morgan fingerprint density at radius 1 is 1.24 bits per heavy atom. The van der Waals surface area contributed by atoms with E-state index in [1.54, 1.807) is 12.3 Å². The number of aryl methyl sites for hydroxylation is 1. The number of pyridine rings is 1. The zero-order chi connectivity index (χ0) is 26.4. The van der Waals surface area contributed by atoms with Crippen LogP contribution in [0.15, 0.2) is 67.1 Å². The summed E-state index contributed by atoms with van der Waals surface area (Å²) < 4.78 is 16.5. The zero-order valence-electron chi connectivity index (χ0n) is 21.8. The maximum absolute atomic E-state index is 14.5. The Morgan fingerprint density at radius 2 is 2.11 bits per heavy atom. The number of halogens is 1. The molecule has 1 fully saturated rings. The number of piperidine rings is 1. The van der Waals surface area contributed by atoms with Gasteiger partial charge in [-0.1, -0.05) is 19.1 Å². The highest BCUT2D eigenvalue weighted by Gasteiger charge is 2.38. The Bertz CT molecular complexity index is 1640. The molecule has 8 heteroatoms. The van der Waals surface area contributed by atoms with Gasteiger partial charge in [0, 0.05) is 53.8 Å². The number of imidazole rings is 1. The molecule has 0 aliphatic carbocycles. The lowest BCUT2D eigenvalue weighted by atomic mass is 9.80. The lowest BCUT2D eigenvalue weighted by molar-refractivity contribution is 0.0621. The van der Waals surface area contributed by atoms with E-state index in [1.807, 2.05) is 60.1 Å². The van der Waals surface area contributed by atoms with Crippen LogP contribution in [0.2, 0.25) is 0 Å². The fourth-order valence-electron chi connectivity index (χ4n) is 5.55. The summed E-state index contributed by atoms with van der Waals surface area (Å²) in [5, 5.41) is 11.8. The predicted octanol–water partition coefficient (Wildman–Crippen LogP) is 5.36. The summed E-state index contributed by atoms with van der Waals surface area (Å²) in [5.41, 5.74) is 5.26. The van der Waals surface area contributed by atoms with Crippen LogP contribution in [0.3, 0.4) is 0 Å². The molecule has 2 unspecified atom stereocenters. The smallest absolute Gasteiger partial charge is 0.251 e. The van der Waals surface area contributed by atoms with Crippen molar-refractivity contribution in [3.05, 3.63) is 89.6 Å². The first-order valence-corrected chi connectivity index (χ1v) is 13.0. The summed E-state index contributed by atoms with van der Waals surface area (Å²) in [6.45, 7) is 8.26. The molecule has 1 aliphatic rings. The summed E-state index contributed by atoms with van der Waals surface area (Å²) in [7, 11) is 0. The molecule has 7 nitrogen and oxygen atoms in total. The van der Waals surface area contributed by atoms with Gasteiger partial charge in [0.25, 0.3) is 5.91 Å². The average Bonchev–Trinajstić information content (AvgIpc) is 3.54. The number of fused-ring (bicyclic) bond motifs is 2. The first-order chi connectivity index (χ1) is 18.3. The van der Waals surface area contributed by atoms with E-state index in [-0.39, 0.29) is 17.6 Å². The SMILES string of the molecule is Cc1cccc(F)c1CN1CCC(C)C(C)(NC(=O)c2ccc3[nH]nc(-c4ccc5nccn5c4)c3c2)C1. The summed E-state index contributed by atoms with van der Waals surface area (Å²) in [6.07, 6.45) is 6.57. The quantitative estimate of drug-likeness (QED) is 0.334. The van der Waals surface area contributed by atoms with Crippen LogP contribution < -0.4 is 5.32 Å². The fourth-order valence-corrected chi connectivity index (χ4v) is 5.55. The van der Waals surface area contributed by atoms with Crippen LogP contribution in [0.5, 0.6) is 0 Å². The number of H-pyrrole nitrogens is 1. The molecule has 2 N–H and O–H groups in total. The number of hydrogen-bond donors (Lipinski definition) is 2. The van der Waals surface area contributed by atoms with Gasteiger partial charge in [0.1, 0.15) is 17.2 Å². The summed E-state index contributed by atoms with van der Waals surface area (Å²) in [6, 6.07) is 14.8. The van der Waals surface area contributed by atoms with Gasteiger partial charge in [0.05, 0.1) is 11.1 Å². The molecule has 38 heavy (non-hydrogen) atoms. The number of benzene rings is 2. The minimum atomic E-state index is -0.449. The van der Waals surface area contributed by atoms with E-state index >= 15 is 0 Å². The minimum absolute atomic E-state index is 0.123. The molecule has 0 spiro atoms. The van der Waals surface area contributed by atoms with Crippen molar-refractivity contribution in [2.45, 2.75) is 39.3 Å². The molecule has 0 radical (unpaired) electrons. The molecule has 6 rings (SSSR count). The molecule has 0 saturated carbocycles. The van der Waals surface area contributed by atoms with E-state index in [9.17, 15) is 9.18 Å². The van der Waals surface area contributed by atoms with E-state index in [0.29, 0.717) is 18.7 Å². The normalized spacial score (nSPS) is 20.3. The highest BCUT2D eigenvalue weighted by molar-refractivity contribution is 6.01. The van der Waals surface area contributed by atoms with Gasteiger partial charge in [-0.2, -0.15) is 5.10 Å². The first-order valence-electron chi connectivity index (χ1n) is 13.0. The maximum Gasteiger partial charge on any atom is 0.251 e. The van der Waals surface area contributed by atoms with E-state index in [0.717, 1.165) is 51.9 Å². The van der Waals surface area contributed by atoms with E-state index in [1.165, 1.54) is 6.07 Å². The summed E-state index contributed by atoms with van der Waals surface area (Å²) in [4.78, 5) is 20.1. The maximum atomic E-state index is 14.5. The topological polar surface area (TPSA) is 78.3 Å². The number of aromatic nitrogens is 4. The first kappa shape index (κ1) is 24.3. The molecule has 5 aromatic rings. The lowest BCUT2D eigenvalue weighted by Gasteiger charge is -2.45. The molecule has 4 heterocycles. The molecule has 0 bridgehead atoms. The van der Waals surface area contributed by atoms with Crippen LogP contribution >= 0.6 is 0 Å². The Morgan fingerprint density at radius 3 is 2.95 bits per heavy atom. The second kappa shape index (κ2) is 9.36. The average molecular weight is 511 g/mol. The summed E-state index contributed by atoms with van der Waals surface area (Å²) in [5.74, 6) is -0.0207. The van der Waals surface area contributed by atoms with Crippen molar-refractivity contribution in [3.63, 3.8) is 0 Å². The van der Waals surface area contributed by atoms with Crippen molar-refractivity contribution in [3.8, 4) is 11.3 Å². The number of amides is 1. The van der Waals surface area contributed by atoms with Crippen LogP contribution in [0.25, 0.3) is 27.8 Å².